The molecule has 0 atom stereocenters. The number of thioether (sulfide) groups is 1. The molecule has 0 saturated carbocycles. The third-order valence-corrected chi connectivity index (χ3v) is 3.13. The fraction of sp³-hybridized carbons (Fsp3) is 0.600. The number of nitrogens with zero attached hydrogens (tertiary/aromatic N) is 3. The van der Waals surface area contributed by atoms with Gasteiger partial charge in [-0.15, -0.1) is 0 Å². The fourth-order valence-corrected chi connectivity index (χ4v) is 1.95. The highest BCUT2D eigenvalue weighted by Gasteiger charge is 2.11. The Morgan fingerprint density at radius 2 is 2.22 bits per heavy atom. The van der Waals surface area contributed by atoms with Gasteiger partial charge in [0.1, 0.15) is 5.82 Å². The molecule has 1 heterocycles. The number of nitrogens with two attached hydrogens (primary N) is 1. The van der Waals surface area contributed by atoms with Crippen LogP contribution in [0.25, 0.3) is 0 Å². The van der Waals surface area contributed by atoms with Crippen LogP contribution in [0.3, 0.4) is 0 Å². The van der Waals surface area contributed by atoms with Crippen molar-refractivity contribution in [2.75, 3.05) is 18.6 Å². The van der Waals surface area contributed by atoms with E-state index in [1.807, 2.05) is 0 Å². The van der Waals surface area contributed by atoms with Crippen molar-refractivity contribution in [2.45, 2.75) is 19.9 Å². The Hall–Kier alpha value is -1.57. The van der Waals surface area contributed by atoms with Crippen LogP contribution in [0.5, 0.6) is 0 Å². The first-order valence-electron chi connectivity index (χ1n) is 5.47. The van der Waals surface area contributed by atoms with Crippen LogP contribution in [-0.4, -0.2) is 50.4 Å². The number of hydrogen-bond donors (Lipinski definition) is 2. The Morgan fingerprint density at radius 1 is 1.50 bits per heavy atom. The largest absolute Gasteiger partial charge is 0.369 e. The summed E-state index contributed by atoms with van der Waals surface area (Å²) in [6.07, 6.45) is 0.373. The monoisotopic (exact) mass is 271 g/mol. The highest BCUT2D eigenvalue weighted by Crippen LogP contribution is 2.05. The first-order valence-corrected chi connectivity index (χ1v) is 6.62. The van der Waals surface area contributed by atoms with Crippen molar-refractivity contribution in [1.29, 1.82) is 0 Å². The van der Waals surface area contributed by atoms with Crippen LogP contribution in [0.15, 0.2) is 0 Å². The number of rotatable bonds is 7. The number of hydrogen-bond acceptors (Lipinski definition) is 5. The van der Waals surface area contributed by atoms with E-state index < -0.39 is 0 Å². The van der Waals surface area contributed by atoms with Gasteiger partial charge in [0, 0.05) is 19.2 Å². The average Bonchev–Trinajstić information content (AvgIpc) is 2.69. The van der Waals surface area contributed by atoms with Gasteiger partial charge in [-0.25, -0.2) is 4.98 Å². The zero-order valence-electron chi connectivity index (χ0n) is 10.5. The molecule has 1 rings (SSSR count). The molecule has 2 amide bonds. The minimum Gasteiger partial charge on any atom is -0.369 e. The van der Waals surface area contributed by atoms with E-state index in [1.165, 1.54) is 11.8 Å². The van der Waals surface area contributed by atoms with Crippen molar-refractivity contribution in [2.24, 2.45) is 5.73 Å². The van der Waals surface area contributed by atoms with Gasteiger partial charge in [0.2, 0.25) is 11.8 Å². The molecule has 0 saturated heterocycles. The molecule has 0 bridgehead atoms. The molecule has 0 fully saturated rings. The standard InChI is InChI=1S/C10H17N5O2S/c1-7-12-9(14-13-7)5-15(2)10(17)3-4-18-6-8(11)16/h3-6H2,1-2H3,(H2,11,16)(H,12,13,14). The molecule has 1 aromatic heterocycles. The number of primary amides is 1. The molecule has 0 radical (unpaired) electrons. The SMILES string of the molecule is Cc1nc(CN(C)C(=O)CCSCC(N)=O)n[nH]1. The Morgan fingerprint density at radius 3 is 2.78 bits per heavy atom. The minimum absolute atomic E-state index is 0.00516. The van der Waals surface area contributed by atoms with E-state index in [0.29, 0.717) is 24.5 Å². The zero-order valence-corrected chi connectivity index (χ0v) is 11.3. The molecule has 100 valence electrons. The molecule has 7 nitrogen and oxygen atoms in total. The van der Waals surface area contributed by atoms with E-state index >= 15 is 0 Å². The third kappa shape index (κ3) is 5.17. The summed E-state index contributed by atoms with van der Waals surface area (Å²) in [5, 5.41) is 6.68. The van der Waals surface area contributed by atoms with Gasteiger partial charge < -0.3 is 10.6 Å². The molecule has 18 heavy (non-hydrogen) atoms. The summed E-state index contributed by atoms with van der Waals surface area (Å²) < 4.78 is 0. The van der Waals surface area contributed by atoms with Crippen LogP contribution in [0.2, 0.25) is 0 Å². The molecular formula is C10H17N5O2S. The van der Waals surface area contributed by atoms with E-state index in [1.54, 1.807) is 18.9 Å². The van der Waals surface area contributed by atoms with E-state index in [-0.39, 0.29) is 17.6 Å². The highest BCUT2D eigenvalue weighted by atomic mass is 32.2. The molecular weight excluding hydrogens is 254 g/mol. The molecule has 0 spiro atoms. The second-order valence-electron chi connectivity index (χ2n) is 3.86. The zero-order chi connectivity index (χ0) is 13.5. The van der Waals surface area contributed by atoms with Gasteiger partial charge in [-0.05, 0) is 6.92 Å². The van der Waals surface area contributed by atoms with Gasteiger partial charge in [0.15, 0.2) is 5.82 Å². The second kappa shape index (κ2) is 7.00. The average molecular weight is 271 g/mol. The lowest BCUT2D eigenvalue weighted by molar-refractivity contribution is -0.130. The summed E-state index contributed by atoms with van der Waals surface area (Å²) >= 11 is 1.36. The predicted molar refractivity (Wildman–Crippen MR) is 68.7 cm³/mol. The van der Waals surface area contributed by atoms with Crippen LogP contribution < -0.4 is 5.73 Å². The molecule has 8 heteroatoms. The van der Waals surface area contributed by atoms with E-state index in [9.17, 15) is 9.59 Å². The molecule has 0 aliphatic heterocycles. The number of H-pyrrole nitrogens is 1. The number of carbonyl (C=O) groups excluding carboxylic acids is 2. The van der Waals surface area contributed by atoms with Crippen molar-refractivity contribution in [1.82, 2.24) is 20.1 Å². The van der Waals surface area contributed by atoms with Crippen LogP contribution in [0.1, 0.15) is 18.1 Å². The third-order valence-electron chi connectivity index (χ3n) is 2.15. The summed E-state index contributed by atoms with van der Waals surface area (Å²) in [7, 11) is 1.70. The van der Waals surface area contributed by atoms with Gasteiger partial charge in [0.05, 0.1) is 12.3 Å². The lowest BCUT2D eigenvalue weighted by Gasteiger charge is -2.14. The Balaban J connectivity index is 2.26. The summed E-state index contributed by atoms with van der Waals surface area (Å²) in [4.78, 5) is 27.9. The van der Waals surface area contributed by atoms with Crippen LogP contribution >= 0.6 is 11.8 Å². The van der Waals surface area contributed by atoms with Gasteiger partial charge in [-0.2, -0.15) is 16.9 Å². The lowest BCUT2D eigenvalue weighted by atomic mass is 10.4. The number of aryl methyl sites for hydroxylation is 1. The van der Waals surface area contributed by atoms with Crippen molar-refractivity contribution in [3.63, 3.8) is 0 Å². The van der Waals surface area contributed by atoms with Crippen molar-refractivity contribution >= 4 is 23.6 Å². The number of aromatic nitrogens is 3. The first kappa shape index (κ1) is 14.5. The topological polar surface area (TPSA) is 105 Å². The van der Waals surface area contributed by atoms with Crippen molar-refractivity contribution < 1.29 is 9.59 Å². The van der Waals surface area contributed by atoms with Crippen LogP contribution in [0, 0.1) is 6.92 Å². The molecule has 0 aliphatic rings. The lowest BCUT2D eigenvalue weighted by Crippen LogP contribution is -2.27. The Bertz CT molecular complexity index is 420. The van der Waals surface area contributed by atoms with E-state index in [4.69, 9.17) is 5.73 Å². The highest BCUT2D eigenvalue weighted by molar-refractivity contribution is 7.99. The van der Waals surface area contributed by atoms with E-state index in [2.05, 4.69) is 15.2 Å². The maximum absolute atomic E-state index is 11.7. The second-order valence-corrected chi connectivity index (χ2v) is 4.96. The molecule has 0 unspecified atom stereocenters. The Kier molecular flexibility index (Phi) is 5.63. The first-order chi connectivity index (χ1) is 8.49. The Labute approximate surface area is 110 Å². The summed E-state index contributed by atoms with van der Waals surface area (Å²) in [5.74, 6) is 1.78. The number of amides is 2. The van der Waals surface area contributed by atoms with Gasteiger partial charge in [-0.3, -0.25) is 14.7 Å². The van der Waals surface area contributed by atoms with Gasteiger partial charge in [0.25, 0.3) is 0 Å². The fourth-order valence-electron chi connectivity index (χ4n) is 1.28. The van der Waals surface area contributed by atoms with Gasteiger partial charge >= 0.3 is 0 Å². The van der Waals surface area contributed by atoms with Crippen LogP contribution in [0.4, 0.5) is 0 Å². The summed E-state index contributed by atoms with van der Waals surface area (Å²) in [5.41, 5.74) is 5.00. The quantitative estimate of drug-likeness (QED) is 0.661. The van der Waals surface area contributed by atoms with E-state index in [0.717, 1.165) is 5.82 Å². The van der Waals surface area contributed by atoms with Crippen LogP contribution in [-0.2, 0) is 16.1 Å². The summed E-state index contributed by atoms with van der Waals surface area (Å²) in [6.45, 7) is 2.18. The smallest absolute Gasteiger partial charge is 0.227 e. The summed E-state index contributed by atoms with van der Waals surface area (Å²) in [6, 6.07) is 0. The normalized spacial score (nSPS) is 10.3. The molecule has 0 aliphatic carbocycles. The maximum Gasteiger partial charge on any atom is 0.227 e. The van der Waals surface area contributed by atoms with Crippen molar-refractivity contribution in [3.05, 3.63) is 11.6 Å². The predicted octanol–water partition coefficient (Wildman–Crippen LogP) is -0.320. The minimum atomic E-state index is -0.364. The number of carbonyl (C=O) groups is 2. The molecule has 0 aromatic carbocycles. The number of aromatic amines is 1. The van der Waals surface area contributed by atoms with Crippen molar-refractivity contribution in [3.8, 4) is 0 Å². The number of nitrogens with one attached hydrogen (secondary N) is 1. The van der Waals surface area contributed by atoms with Gasteiger partial charge in [-0.1, -0.05) is 0 Å². The maximum atomic E-state index is 11.7. The molecule has 1 aromatic rings. The molecule has 3 N–H and O–H groups in total.